The molecule has 1 heterocycles. The molecule has 0 saturated heterocycles. The summed E-state index contributed by atoms with van der Waals surface area (Å²) in [5.41, 5.74) is 1.04. The first-order chi connectivity index (χ1) is 9.52. The van der Waals surface area contributed by atoms with Crippen molar-refractivity contribution in [1.29, 1.82) is 0 Å². The van der Waals surface area contributed by atoms with E-state index >= 15 is 0 Å². The van der Waals surface area contributed by atoms with Crippen LogP contribution in [0.25, 0.3) is 11.0 Å². The Labute approximate surface area is 115 Å². The van der Waals surface area contributed by atoms with Crippen LogP contribution in [0.1, 0.15) is 22.5 Å². The van der Waals surface area contributed by atoms with Crippen LogP contribution in [-0.4, -0.2) is 25.4 Å². The molecule has 0 radical (unpaired) electrons. The van der Waals surface area contributed by atoms with Gasteiger partial charge in [0.25, 0.3) is 5.91 Å². The highest BCUT2D eigenvalue weighted by Crippen LogP contribution is 2.25. The first-order valence-corrected chi connectivity index (χ1v) is 6.20. The first-order valence-electron chi connectivity index (χ1n) is 6.20. The Balaban J connectivity index is 2.14. The highest BCUT2D eigenvalue weighted by atomic mass is 19.1. The molecular weight excluding hydrogens is 263 g/mol. The van der Waals surface area contributed by atoms with Gasteiger partial charge in [-0.25, -0.2) is 4.39 Å². The number of hydrogen-bond donors (Lipinski definition) is 2. The van der Waals surface area contributed by atoms with Crippen molar-refractivity contribution >= 4 is 22.8 Å². The molecule has 0 fully saturated rings. The van der Waals surface area contributed by atoms with Gasteiger partial charge in [-0.3, -0.25) is 9.59 Å². The molecule has 106 valence electrons. The lowest BCUT2D eigenvalue weighted by atomic mass is 10.1. The van der Waals surface area contributed by atoms with Gasteiger partial charge in [0.05, 0.1) is 0 Å². The van der Waals surface area contributed by atoms with Crippen LogP contribution in [0.4, 0.5) is 4.39 Å². The molecule has 0 saturated carbocycles. The maximum absolute atomic E-state index is 13.2. The largest absolute Gasteiger partial charge is 0.451 e. The number of carbonyl (C=O) groups is 2. The molecule has 0 atom stereocenters. The zero-order valence-corrected chi connectivity index (χ0v) is 11.2. The summed E-state index contributed by atoms with van der Waals surface area (Å²) < 4.78 is 18.6. The van der Waals surface area contributed by atoms with Crippen molar-refractivity contribution in [3.8, 4) is 0 Å². The smallest absolute Gasteiger partial charge is 0.287 e. The zero-order chi connectivity index (χ0) is 14.7. The number of benzene rings is 1. The molecule has 6 heteroatoms. The molecule has 2 rings (SSSR count). The van der Waals surface area contributed by atoms with Crippen molar-refractivity contribution in [1.82, 2.24) is 10.6 Å². The molecule has 2 N–H and O–H groups in total. The Bertz CT molecular complexity index is 664. The lowest BCUT2D eigenvalue weighted by molar-refractivity contribution is -0.120. The van der Waals surface area contributed by atoms with E-state index in [4.69, 9.17) is 4.42 Å². The number of aryl methyl sites for hydroxylation is 1. The summed E-state index contributed by atoms with van der Waals surface area (Å²) >= 11 is 0. The fraction of sp³-hybridized carbons (Fsp3) is 0.286. The van der Waals surface area contributed by atoms with Gasteiger partial charge >= 0.3 is 0 Å². The summed E-state index contributed by atoms with van der Waals surface area (Å²) in [5, 5.41) is 5.63. The summed E-state index contributed by atoms with van der Waals surface area (Å²) in [6.45, 7) is 1.91. The van der Waals surface area contributed by atoms with Gasteiger partial charge < -0.3 is 15.1 Å². The van der Waals surface area contributed by atoms with E-state index in [1.807, 2.05) is 0 Å². The number of furan rings is 1. The molecule has 0 unspecified atom stereocenters. The maximum Gasteiger partial charge on any atom is 0.287 e. The fourth-order valence-electron chi connectivity index (χ4n) is 1.90. The third kappa shape index (κ3) is 2.79. The fourth-order valence-corrected chi connectivity index (χ4v) is 1.90. The van der Waals surface area contributed by atoms with Crippen molar-refractivity contribution in [2.75, 3.05) is 13.6 Å². The summed E-state index contributed by atoms with van der Waals surface area (Å²) in [6, 6.07) is 4.09. The second-order valence-electron chi connectivity index (χ2n) is 4.38. The summed E-state index contributed by atoms with van der Waals surface area (Å²) in [6.07, 6.45) is 0.191. The van der Waals surface area contributed by atoms with Crippen molar-refractivity contribution in [3.63, 3.8) is 0 Å². The zero-order valence-electron chi connectivity index (χ0n) is 11.2. The highest BCUT2D eigenvalue weighted by molar-refractivity contribution is 5.99. The van der Waals surface area contributed by atoms with E-state index in [1.54, 1.807) is 6.92 Å². The topological polar surface area (TPSA) is 71.3 Å². The molecule has 0 spiro atoms. The lowest BCUT2D eigenvalue weighted by Crippen LogP contribution is -2.29. The van der Waals surface area contributed by atoms with Crippen LogP contribution >= 0.6 is 0 Å². The van der Waals surface area contributed by atoms with Gasteiger partial charge in [0.15, 0.2) is 5.76 Å². The Kier molecular flexibility index (Phi) is 4.02. The van der Waals surface area contributed by atoms with Gasteiger partial charge in [-0.1, -0.05) is 0 Å². The van der Waals surface area contributed by atoms with E-state index in [0.29, 0.717) is 16.5 Å². The van der Waals surface area contributed by atoms with Crippen LogP contribution in [0.3, 0.4) is 0 Å². The van der Waals surface area contributed by atoms with Gasteiger partial charge in [0.1, 0.15) is 11.4 Å². The normalized spacial score (nSPS) is 10.6. The molecule has 1 aromatic heterocycles. The van der Waals surface area contributed by atoms with E-state index < -0.39 is 5.91 Å². The number of nitrogens with one attached hydrogen (secondary N) is 2. The van der Waals surface area contributed by atoms with E-state index in [2.05, 4.69) is 10.6 Å². The van der Waals surface area contributed by atoms with E-state index in [1.165, 1.54) is 25.2 Å². The molecule has 5 nitrogen and oxygen atoms in total. The molecule has 0 bridgehead atoms. The maximum atomic E-state index is 13.2. The third-order valence-electron chi connectivity index (χ3n) is 3.02. The average molecular weight is 278 g/mol. The van der Waals surface area contributed by atoms with Gasteiger partial charge in [-0.05, 0) is 25.1 Å². The molecule has 0 aliphatic heterocycles. The summed E-state index contributed by atoms with van der Waals surface area (Å²) in [5.74, 6) is -0.813. The monoisotopic (exact) mass is 278 g/mol. The van der Waals surface area contributed by atoms with Gasteiger partial charge in [0, 0.05) is 31.0 Å². The van der Waals surface area contributed by atoms with Crippen LogP contribution < -0.4 is 10.6 Å². The van der Waals surface area contributed by atoms with Crippen LogP contribution in [0.15, 0.2) is 22.6 Å². The average Bonchev–Trinajstić information content (AvgIpc) is 2.75. The van der Waals surface area contributed by atoms with Gasteiger partial charge in [-0.2, -0.15) is 0 Å². The van der Waals surface area contributed by atoms with Crippen LogP contribution in [0.2, 0.25) is 0 Å². The van der Waals surface area contributed by atoms with Crippen molar-refractivity contribution in [3.05, 3.63) is 35.3 Å². The molecule has 2 aromatic rings. The van der Waals surface area contributed by atoms with Crippen LogP contribution in [0, 0.1) is 12.7 Å². The minimum Gasteiger partial charge on any atom is -0.451 e. The number of carbonyl (C=O) groups excluding carboxylic acids is 2. The predicted octanol–water partition coefficient (Wildman–Crippen LogP) is 1.75. The number of amides is 2. The first kappa shape index (κ1) is 14.0. The van der Waals surface area contributed by atoms with Crippen LogP contribution in [-0.2, 0) is 4.79 Å². The Hall–Kier alpha value is -2.37. The SMILES string of the molecule is CNC(=O)CCNC(=O)c1oc2ccc(F)cc2c1C. The predicted molar refractivity (Wildman–Crippen MR) is 71.9 cm³/mol. The number of halogens is 1. The number of fused-ring (bicyclic) bond motifs is 1. The Morgan fingerprint density at radius 1 is 1.35 bits per heavy atom. The second kappa shape index (κ2) is 5.73. The lowest BCUT2D eigenvalue weighted by Gasteiger charge is -2.03. The quantitative estimate of drug-likeness (QED) is 0.895. The summed E-state index contributed by atoms with van der Waals surface area (Å²) in [7, 11) is 1.53. The standard InChI is InChI=1S/C14H15FN2O3/c1-8-10-7-9(15)3-4-11(10)20-13(8)14(19)17-6-5-12(18)16-2/h3-4,7H,5-6H2,1-2H3,(H,16,18)(H,17,19). The molecule has 0 aliphatic rings. The van der Waals surface area contributed by atoms with E-state index in [-0.39, 0.29) is 30.5 Å². The molecule has 1 aromatic carbocycles. The van der Waals surface area contributed by atoms with E-state index in [0.717, 1.165) is 0 Å². The van der Waals surface area contributed by atoms with Crippen molar-refractivity contribution in [2.24, 2.45) is 0 Å². The van der Waals surface area contributed by atoms with E-state index in [9.17, 15) is 14.0 Å². The van der Waals surface area contributed by atoms with Crippen molar-refractivity contribution in [2.45, 2.75) is 13.3 Å². The third-order valence-corrected chi connectivity index (χ3v) is 3.02. The highest BCUT2D eigenvalue weighted by Gasteiger charge is 2.17. The van der Waals surface area contributed by atoms with Gasteiger partial charge in [-0.15, -0.1) is 0 Å². The van der Waals surface area contributed by atoms with Gasteiger partial charge in [0.2, 0.25) is 5.91 Å². The summed E-state index contributed by atoms with van der Waals surface area (Å²) in [4.78, 5) is 23.0. The number of rotatable bonds is 4. The van der Waals surface area contributed by atoms with Crippen LogP contribution in [0.5, 0.6) is 0 Å². The molecule has 20 heavy (non-hydrogen) atoms. The second-order valence-corrected chi connectivity index (χ2v) is 4.38. The molecule has 2 amide bonds. The minimum atomic E-state index is -0.414. The number of hydrogen-bond acceptors (Lipinski definition) is 3. The minimum absolute atomic E-state index is 0.141. The Morgan fingerprint density at radius 2 is 2.10 bits per heavy atom. The molecule has 0 aliphatic carbocycles. The Morgan fingerprint density at radius 3 is 2.80 bits per heavy atom. The molecular formula is C14H15FN2O3. The van der Waals surface area contributed by atoms with Crippen molar-refractivity contribution < 1.29 is 18.4 Å².